The Morgan fingerprint density at radius 1 is 1.14 bits per heavy atom. The number of nitrogens with zero attached hydrogens (tertiary/aromatic N) is 3. The van der Waals surface area contributed by atoms with Crippen molar-refractivity contribution in [1.82, 2.24) is 14.9 Å². The third kappa shape index (κ3) is 3.26. The quantitative estimate of drug-likeness (QED) is 0.806. The third-order valence-electron chi connectivity index (χ3n) is 6.83. The molecule has 3 heterocycles. The average Bonchev–Trinajstić information content (AvgIpc) is 3.19. The van der Waals surface area contributed by atoms with Crippen molar-refractivity contribution in [2.24, 2.45) is 16.7 Å². The first-order valence-electron chi connectivity index (χ1n) is 9.67. The summed E-state index contributed by atoms with van der Waals surface area (Å²) in [6, 6.07) is 0. The summed E-state index contributed by atoms with van der Waals surface area (Å²) in [5, 5.41) is 7.97. The molecule has 2 fully saturated rings. The van der Waals surface area contributed by atoms with Gasteiger partial charge in [0, 0.05) is 41.9 Å². The van der Waals surface area contributed by atoms with Crippen molar-refractivity contribution < 1.29 is 9.59 Å². The van der Waals surface area contributed by atoms with E-state index in [-0.39, 0.29) is 22.7 Å². The second-order valence-corrected chi connectivity index (χ2v) is 10.6. The first-order valence-corrected chi connectivity index (χ1v) is 11.4. The van der Waals surface area contributed by atoms with Gasteiger partial charge in [0.25, 0.3) is 5.91 Å². The van der Waals surface area contributed by atoms with Gasteiger partial charge in [-0.25, -0.2) is 9.97 Å². The molecule has 4 rings (SSSR count). The van der Waals surface area contributed by atoms with Gasteiger partial charge in [0.1, 0.15) is 5.69 Å². The Hall–Kier alpha value is -1.80. The average molecular weight is 419 g/mol. The van der Waals surface area contributed by atoms with Crippen LogP contribution in [0, 0.1) is 16.7 Å². The van der Waals surface area contributed by atoms with Gasteiger partial charge >= 0.3 is 0 Å². The van der Waals surface area contributed by atoms with Crippen LogP contribution in [0.15, 0.2) is 17.0 Å². The van der Waals surface area contributed by atoms with E-state index in [1.165, 1.54) is 22.7 Å². The van der Waals surface area contributed by atoms with E-state index in [9.17, 15) is 9.59 Å². The zero-order valence-electron chi connectivity index (χ0n) is 16.7. The van der Waals surface area contributed by atoms with Crippen LogP contribution >= 0.6 is 22.7 Å². The highest BCUT2D eigenvalue weighted by Gasteiger charge is 2.68. The van der Waals surface area contributed by atoms with Gasteiger partial charge in [-0.15, -0.1) is 22.7 Å². The molecule has 1 N–H and O–H groups in total. The molecule has 1 aliphatic heterocycles. The molecule has 150 valence electrons. The molecule has 28 heavy (non-hydrogen) atoms. The third-order valence-corrected chi connectivity index (χ3v) is 8.53. The van der Waals surface area contributed by atoms with Crippen molar-refractivity contribution in [3.05, 3.63) is 27.7 Å². The number of thiazole rings is 2. The molecule has 0 unspecified atom stereocenters. The minimum absolute atomic E-state index is 0.0793. The molecule has 2 aromatic rings. The summed E-state index contributed by atoms with van der Waals surface area (Å²) >= 11 is 2.92. The fourth-order valence-corrected chi connectivity index (χ4v) is 5.86. The Bertz CT molecular complexity index is 866. The minimum atomic E-state index is -0.219. The van der Waals surface area contributed by atoms with Crippen molar-refractivity contribution in [2.45, 2.75) is 46.5 Å². The number of piperidine rings is 1. The Morgan fingerprint density at radius 2 is 1.82 bits per heavy atom. The zero-order chi connectivity index (χ0) is 20.1. The van der Waals surface area contributed by atoms with Crippen LogP contribution in [0.3, 0.4) is 0 Å². The van der Waals surface area contributed by atoms with Gasteiger partial charge in [-0.3, -0.25) is 14.9 Å². The lowest BCUT2D eigenvalue weighted by Gasteiger charge is -2.31. The minimum Gasteiger partial charge on any atom is -0.342 e. The van der Waals surface area contributed by atoms with Gasteiger partial charge in [-0.05, 0) is 23.7 Å². The Morgan fingerprint density at radius 3 is 2.39 bits per heavy atom. The van der Waals surface area contributed by atoms with E-state index in [1.807, 2.05) is 15.7 Å². The maximum Gasteiger partial charge on any atom is 0.276 e. The molecule has 2 aromatic heterocycles. The maximum atomic E-state index is 12.9. The summed E-state index contributed by atoms with van der Waals surface area (Å²) in [4.78, 5) is 35.9. The molecule has 0 radical (unpaired) electrons. The number of nitrogens with one attached hydrogen (secondary N) is 1. The molecule has 1 saturated heterocycles. The van der Waals surface area contributed by atoms with Gasteiger partial charge in [-0.2, -0.15) is 0 Å². The monoisotopic (exact) mass is 418 g/mol. The Kier molecular flexibility index (Phi) is 4.82. The predicted octanol–water partition coefficient (Wildman–Crippen LogP) is 4.24. The summed E-state index contributed by atoms with van der Waals surface area (Å²) in [5.74, 6) is 0.521. The van der Waals surface area contributed by atoms with Crippen LogP contribution in [0.5, 0.6) is 0 Å². The molecule has 0 spiro atoms. The number of hydrogen-bond donors (Lipinski definition) is 1. The van der Waals surface area contributed by atoms with E-state index >= 15 is 0 Å². The molecule has 8 heteroatoms. The summed E-state index contributed by atoms with van der Waals surface area (Å²) in [6.07, 6.45) is 3.46. The highest BCUT2D eigenvalue weighted by molar-refractivity contribution is 7.13. The molecule has 6 nitrogen and oxygen atoms in total. The second-order valence-electron chi connectivity index (χ2n) is 8.84. The van der Waals surface area contributed by atoms with Crippen LogP contribution in [-0.2, 0) is 4.79 Å². The summed E-state index contributed by atoms with van der Waals surface area (Å²) in [5.41, 5.74) is 0.599. The number of hydrogen-bond acceptors (Lipinski definition) is 6. The number of carbonyl (C=O) groups is 2. The van der Waals surface area contributed by atoms with Gasteiger partial charge < -0.3 is 4.90 Å². The van der Waals surface area contributed by atoms with Crippen LogP contribution < -0.4 is 5.32 Å². The second kappa shape index (κ2) is 6.91. The number of anilines is 1. The molecule has 1 aliphatic carbocycles. The van der Waals surface area contributed by atoms with E-state index in [0.717, 1.165) is 30.9 Å². The number of aromatic nitrogens is 2. The first kappa shape index (κ1) is 19.5. The lowest BCUT2D eigenvalue weighted by molar-refractivity contribution is -0.134. The molecule has 0 atom stereocenters. The fraction of sp³-hybridized carbons (Fsp3) is 0.600. The number of rotatable bonds is 4. The first-order chi connectivity index (χ1) is 13.2. The van der Waals surface area contributed by atoms with E-state index < -0.39 is 0 Å². The predicted molar refractivity (Wildman–Crippen MR) is 112 cm³/mol. The van der Waals surface area contributed by atoms with E-state index in [1.54, 1.807) is 6.20 Å². The van der Waals surface area contributed by atoms with Crippen molar-refractivity contribution in [1.29, 1.82) is 0 Å². The van der Waals surface area contributed by atoms with Gasteiger partial charge in [0.15, 0.2) is 5.13 Å². The summed E-state index contributed by atoms with van der Waals surface area (Å²) in [6.45, 7) is 10.3. The Balaban J connectivity index is 1.34. The highest BCUT2D eigenvalue weighted by atomic mass is 32.1. The van der Waals surface area contributed by atoms with Crippen LogP contribution in [0.1, 0.15) is 62.0 Å². The fourth-order valence-electron chi connectivity index (χ4n) is 4.37. The van der Waals surface area contributed by atoms with Crippen molar-refractivity contribution in [3.8, 4) is 0 Å². The van der Waals surface area contributed by atoms with E-state index in [2.05, 4.69) is 43.0 Å². The number of amides is 2. The van der Waals surface area contributed by atoms with Crippen molar-refractivity contribution in [2.75, 3.05) is 18.4 Å². The zero-order valence-corrected chi connectivity index (χ0v) is 18.3. The van der Waals surface area contributed by atoms with Gasteiger partial charge in [0.05, 0.1) is 5.01 Å². The lowest BCUT2D eigenvalue weighted by Crippen LogP contribution is -2.39. The maximum absolute atomic E-state index is 12.9. The lowest BCUT2D eigenvalue weighted by atomic mass is 9.96. The summed E-state index contributed by atoms with van der Waals surface area (Å²) < 4.78 is 0. The molecular weight excluding hydrogens is 392 g/mol. The number of carbonyl (C=O) groups excluding carboxylic acids is 2. The molecule has 2 aliphatic rings. The van der Waals surface area contributed by atoms with Crippen LogP contribution in [-0.4, -0.2) is 39.8 Å². The molecule has 2 amide bonds. The van der Waals surface area contributed by atoms with Crippen LogP contribution in [0.25, 0.3) is 0 Å². The van der Waals surface area contributed by atoms with Gasteiger partial charge in [-0.1, -0.05) is 27.7 Å². The van der Waals surface area contributed by atoms with Crippen LogP contribution in [0.4, 0.5) is 5.13 Å². The van der Waals surface area contributed by atoms with E-state index in [0.29, 0.717) is 22.7 Å². The molecule has 0 bridgehead atoms. The largest absolute Gasteiger partial charge is 0.342 e. The number of likely N-dealkylation sites (tertiary alicyclic amines) is 1. The summed E-state index contributed by atoms with van der Waals surface area (Å²) in [7, 11) is 0. The standard InChI is InChI=1S/C20H26N4O2S2/c1-19(2)14(20(19,3)4)17(26)24-8-5-12(6-9-24)16-22-13(11-28-16)15(25)23-18-21-7-10-27-18/h7,10-12,14H,5-6,8-9H2,1-4H3,(H,21,23,25). The normalized spacial score (nSPS) is 21.5. The SMILES string of the molecule is CC1(C)C(C(=O)N2CCC(c3nc(C(=O)Nc4nccs4)cs3)CC2)C1(C)C. The van der Waals surface area contributed by atoms with Gasteiger partial charge in [0.2, 0.25) is 5.91 Å². The Labute approximate surface area is 173 Å². The highest BCUT2D eigenvalue weighted by Crippen LogP contribution is 2.68. The molecule has 0 aromatic carbocycles. The smallest absolute Gasteiger partial charge is 0.276 e. The molecule has 1 saturated carbocycles. The molecular formula is C20H26N4O2S2. The van der Waals surface area contributed by atoms with Crippen molar-refractivity contribution >= 4 is 39.6 Å². The topological polar surface area (TPSA) is 75.2 Å². The van der Waals surface area contributed by atoms with Crippen LogP contribution in [0.2, 0.25) is 0 Å². The van der Waals surface area contributed by atoms with Crippen molar-refractivity contribution in [3.63, 3.8) is 0 Å². The van der Waals surface area contributed by atoms with E-state index in [4.69, 9.17) is 0 Å².